The standard InChI is InChI=1S/C10H12N2O3S2/c1-8-4-5-10(16-8)17(14,15)12-6-2-3-9(12)11-7-13/h4-5,9H,2-3,6H2,1H3. The van der Waals surface area contributed by atoms with Crippen LogP contribution in [0.25, 0.3) is 0 Å². The number of isocyanates is 1. The van der Waals surface area contributed by atoms with Crippen molar-refractivity contribution in [3.8, 4) is 0 Å². The molecule has 1 saturated heterocycles. The molecule has 1 aliphatic rings. The molecule has 0 radical (unpaired) electrons. The zero-order chi connectivity index (χ0) is 12.5. The molecule has 7 heteroatoms. The van der Waals surface area contributed by atoms with Crippen LogP contribution in [0.1, 0.15) is 17.7 Å². The van der Waals surface area contributed by atoms with Crippen molar-refractivity contribution in [2.75, 3.05) is 6.54 Å². The summed E-state index contributed by atoms with van der Waals surface area (Å²) in [5, 5.41) is 0. The SMILES string of the molecule is Cc1ccc(S(=O)(=O)N2CCCC2N=C=O)s1. The lowest BCUT2D eigenvalue weighted by Gasteiger charge is -2.18. The fourth-order valence-corrected chi connectivity index (χ4v) is 4.86. The van der Waals surface area contributed by atoms with Gasteiger partial charge in [-0.3, -0.25) is 0 Å². The molecule has 1 aromatic rings. The maximum atomic E-state index is 12.3. The first-order valence-electron chi connectivity index (χ1n) is 5.21. The van der Waals surface area contributed by atoms with E-state index in [0.29, 0.717) is 17.2 Å². The summed E-state index contributed by atoms with van der Waals surface area (Å²) in [5.41, 5.74) is 0. The highest BCUT2D eigenvalue weighted by Crippen LogP contribution is 2.30. The molecule has 92 valence electrons. The Morgan fingerprint density at radius 1 is 1.53 bits per heavy atom. The van der Waals surface area contributed by atoms with Gasteiger partial charge in [-0.2, -0.15) is 9.30 Å². The smallest absolute Gasteiger partial charge is 0.211 e. The van der Waals surface area contributed by atoms with E-state index in [9.17, 15) is 13.2 Å². The van der Waals surface area contributed by atoms with Crippen LogP contribution in [0.15, 0.2) is 21.3 Å². The summed E-state index contributed by atoms with van der Waals surface area (Å²) in [4.78, 5) is 14.8. The Morgan fingerprint density at radius 3 is 2.88 bits per heavy atom. The van der Waals surface area contributed by atoms with Gasteiger partial charge in [0.05, 0.1) is 0 Å². The number of aryl methyl sites for hydroxylation is 1. The van der Waals surface area contributed by atoms with Gasteiger partial charge in [-0.15, -0.1) is 11.3 Å². The summed E-state index contributed by atoms with van der Waals surface area (Å²) >= 11 is 1.23. The molecule has 0 aliphatic carbocycles. The number of carbonyl (C=O) groups excluding carboxylic acids is 1. The second-order valence-corrected chi connectivity index (χ2v) is 7.23. The minimum absolute atomic E-state index is 0.308. The van der Waals surface area contributed by atoms with Crippen molar-refractivity contribution >= 4 is 27.4 Å². The lowest BCUT2D eigenvalue weighted by atomic mass is 10.3. The van der Waals surface area contributed by atoms with Gasteiger partial charge in [0.15, 0.2) is 0 Å². The van der Waals surface area contributed by atoms with Crippen molar-refractivity contribution in [1.82, 2.24) is 4.31 Å². The predicted molar refractivity (Wildman–Crippen MR) is 64.1 cm³/mol. The molecule has 0 spiro atoms. The molecule has 0 aromatic carbocycles. The maximum Gasteiger partial charge on any atom is 0.254 e. The van der Waals surface area contributed by atoms with Crippen LogP contribution in [0.4, 0.5) is 0 Å². The van der Waals surface area contributed by atoms with E-state index in [0.717, 1.165) is 11.3 Å². The number of hydrogen-bond donors (Lipinski definition) is 0. The molecule has 5 nitrogen and oxygen atoms in total. The highest BCUT2D eigenvalue weighted by molar-refractivity contribution is 7.91. The van der Waals surface area contributed by atoms with Gasteiger partial charge >= 0.3 is 0 Å². The minimum Gasteiger partial charge on any atom is -0.211 e. The van der Waals surface area contributed by atoms with E-state index in [-0.39, 0.29) is 0 Å². The molecule has 1 fully saturated rings. The van der Waals surface area contributed by atoms with Crippen molar-refractivity contribution in [3.63, 3.8) is 0 Å². The molecule has 17 heavy (non-hydrogen) atoms. The molecular weight excluding hydrogens is 260 g/mol. The molecule has 0 saturated carbocycles. The van der Waals surface area contributed by atoms with Crippen LogP contribution < -0.4 is 0 Å². The van der Waals surface area contributed by atoms with E-state index in [4.69, 9.17) is 0 Å². The van der Waals surface area contributed by atoms with Gasteiger partial charge in [-0.1, -0.05) is 0 Å². The predicted octanol–water partition coefficient (Wildman–Crippen LogP) is 1.50. The molecular formula is C10H12N2O3S2. The second kappa shape index (κ2) is 4.70. The Kier molecular flexibility index (Phi) is 3.44. The van der Waals surface area contributed by atoms with Gasteiger partial charge in [0.25, 0.3) is 10.0 Å². The number of nitrogens with zero attached hydrogens (tertiary/aromatic N) is 2. The van der Waals surface area contributed by atoms with Crippen molar-refractivity contribution in [2.45, 2.75) is 30.1 Å². The van der Waals surface area contributed by atoms with Gasteiger partial charge < -0.3 is 0 Å². The lowest BCUT2D eigenvalue weighted by molar-refractivity contribution is 0.397. The fourth-order valence-electron chi connectivity index (χ4n) is 1.86. The Hall–Kier alpha value is -1.01. The minimum atomic E-state index is -3.51. The van der Waals surface area contributed by atoms with Crippen LogP contribution in [0.2, 0.25) is 0 Å². The van der Waals surface area contributed by atoms with Crippen molar-refractivity contribution in [3.05, 3.63) is 17.0 Å². The quantitative estimate of drug-likeness (QED) is 0.618. The summed E-state index contributed by atoms with van der Waals surface area (Å²) in [6.07, 6.45) is 2.16. The molecule has 2 rings (SSSR count). The summed E-state index contributed by atoms with van der Waals surface area (Å²) in [5.74, 6) is 0. The molecule has 0 bridgehead atoms. The number of sulfonamides is 1. The number of aliphatic imine (C=N–C) groups is 1. The first-order chi connectivity index (χ1) is 8.05. The molecule has 2 heterocycles. The molecule has 1 aliphatic heterocycles. The van der Waals surface area contributed by atoms with Gasteiger partial charge in [-0.25, -0.2) is 13.2 Å². The highest BCUT2D eigenvalue weighted by Gasteiger charge is 2.35. The normalized spacial score (nSPS) is 21.4. The first kappa shape index (κ1) is 12.4. The second-order valence-electron chi connectivity index (χ2n) is 3.82. The molecule has 1 unspecified atom stereocenters. The monoisotopic (exact) mass is 272 g/mol. The first-order valence-corrected chi connectivity index (χ1v) is 7.46. The van der Waals surface area contributed by atoms with Gasteiger partial charge in [-0.05, 0) is 31.9 Å². The van der Waals surface area contributed by atoms with Crippen LogP contribution in [0, 0.1) is 6.92 Å². The maximum absolute atomic E-state index is 12.3. The zero-order valence-electron chi connectivity index (χ0n) is 9.29. The van der Waals surface area contributed by atoms with Crippen molar-refractivity contribution in [2.24, 2.45) is 4.99 Å². The highest BCUT2D eigenvalue weighted by atomic mass is 32.2. The van der Waals surface area contributed by atoms with Crippen LogP contribution in [0.3, 0.4) is 0 Å². The van der Waals surface area contributed by atoms with E-state index in [1.54, 1.807) is 12.1 Å². The van der Waals surface area contributed by atoms with Gasteiger partial charge in [0.1, 0.15) is 10.4 Å². The van der Waals surface area contributed by atoms with Gasteiger partial charge in [0.2, 0.25) is 6.08 Å². The van der Waals surface area contributed by atoms with E-state index in [1.165, 1.54) is 21.7 Å². The largest absolute Gasteiger partial charge is 0.254 e. The average molecular weight is 272 g/mol. The Labute approximate surface area is 104 Å². The van der Waals surface area contributed by atoms with E-state index in [2.05, 4.69) is 4.99 Å². The Morgan fingerprint density at radius 2 is 2.29 bits per heavy atom. The van der Waals surface area contributed by atoms with Crippen molar-refractivity contribution in [1.29, 1.82) is 0 Å². The third-order valence-corrected chi connectivity index (χ3v) is 6.02. The van der Waals surface area contributed by atoms with Crippen LogP contribution in [0.5, 0.6) is 0 Å². The summed E-state index contributed by atoms with van der Waals surface area (Å²) in [6, 6.07) is 3.36. The molecule has 1 aromatic heterocycles. The number of thiophene rings is 1. The summed E-state index contributed by atoms with van der Waals surface area (Å²) < 4.78 is 26.1. The van der Waals surface area contributed by atoms with E-state index in [1.807, 2.05) is 6.92 Å². The van der Waals surface area contributed by atoms with Gasteiger partial charge in [0, 0.05) is 11.4 Å². The third kappa shape index (κ3) is 2.32. The Bertz CT molecular complexity index is 558. The number of rotatable bonds is 3. The van der Waals surface area contributed by atoms with Crippen LogP contribution in [-0.4, -0.2) is 31.5 Å². The third-order valence-electron chi connectivity index (χ3n) is 2.65. The topological polar surface area (TPSA) is 66.8 Å². The van der Waals surface area contributed by atoms with Crippen LogP contribution >= 0.6 is 11.3 Å². The summed E-state index contributed by atoms with van der Waals surface area (Å²) in [6.45, 7) is 2.27. The summed E-state index contributed by atoms with van der Waals surface area (Å²) in [7, 11) is -3.51. The van der Waals surface area contributed by atoms with Crippen molar-refractivity contribution < 1.29 is 13.2 Å². The van der Waals surface area contributed by atoms with Crippen LogP contribution in [-0.2, 0) is 14.8 Å². The van der Waals surface area contributed by atoms with E-state index < -0.39 is 16.2 Å². The lowest BCUT2D eigenvalue weighted by Crippen LogP contribution is -2.33. The number of hydrogen-bond acceptors (Lipinski definition) is 5. The zero-order valence-corrected chi connectivity index (χ0v) is 10.9. The van der Waals surface area contributed by atoms with E-state index >= 15 is 0 Å². The fraction of sp³-hybridized carbons (Fsp3) is 0.500. The Balaban J connectivity index is 2.35. The molecule has 1 atom stereocenters. The molecule has 0 N–H and O–H groups in total. The average Bonchev–Trinajstić information content (AvgIpc) is 2.87. The molecule has 0 amide bonds.